The normalized spacial score (nSPS) is 23.5. The van der Waals surface area contributed by atoms with Gasteiger partial charge in [0, 0.05) is 61.7 Å². The molecule has 0 N–H and O–H groups in total. The second kappa shape index (κ2) is 15.8. The average Bonchev–Trinajstić information content (AvgIpc) is 3.45. The standard InChI is InChI=1S/C72H82BN3/c1-65(2,3)46-26-30-50(31-27-46)74-60-33-29-48(67(7,8)9)40-56(60)73-57-43-54-55-44-61(57)75(58-32-28-47(66(4,5)6)39-52(58)45-22-21-23-49(38-45)70(55,14)37-36-68(54,10)11)63-42-51(41-62(74)64(63)73)76-59-25-18-17-24-53(59)69(12,13)71(15)34-19-20-35-72(71,76)16/h17-18,21-33,38-44H,19-20,34-37H2,1-16H3. The van der Waals surface area contributed by atoms with E-state index in [1.165, 1.54) is 131 Å². The first kappa shape index (κ1) is 49.6. The fourth-order valence-electron chi connectivity index (χ4n) is 15.9. The molecule has 7 aromatic carbocycles. The minimum absolute atomic E-state index is 0.00128. The molecule has 4 heterocycles. The Labute approximate surface area is 457 Å². The minimum atomic E-state index is -0.168. The Morgan fingerprint density at radius 1 is 0.434 bits per heavy atom. The number of nitrogens with zero attached hydrogens (tertiary/aromatic N) is 3. The van der Waals surface area contributed by atoms with Gasteiger partial charge in [0.15, 0.2) is 0 Å². The van der Waals surface area contributed by atoms with Gasteiger partial charge >= 0.3 is 0 Å². The number of para-hydroxylation sites is 1. The molecule has 3 nitrogen and oxygen atoms in total. The van der Waals surface area contributed by atoms with Crippen LogP contribution in [0.15, 0.2) is 133 Å². The zero-order valence-corrected chi connectivity index (χ0v) is 48.9. The number of hydrogen-bond donors (Lipinski definition) is 0. The lowest BCUT2D eigenvalue weighted by atomic mass is 9.33. The van der Waals surface area contributed by atoms with E-state index < -0.39 is 0 Å². The van der Waals surface area contributed by atoms with Crippen molar-refractivity contribution in [3.8, 4) is 11.1 Å². The molecule has 6 aliphatic rings. The van der Waals surface area contributed by atoms with Crippen LogP contribution in [0.1, 0.15) is 188 Å². The SMILES string of the molecule is CC(C)(C)c1ccc(N2c3ccc(C(C)(C)C)cc3B3c4cc5c6cc4N(c4ccc(C(C)(C)C)cc4-c4cccc(c4)C6(C)CCC5(C)C)c4cc(N5c6ccccc6C(C)(C)C6(C)CCCCC56C)cc2c43)cc1. The number of fused-ring (bicyclic) bond motifs is 12. The van der Waals surface area contributed by atoms with Crippen LogP contribution in [0.3, 0.4) is 0 Å². The van der Waals surface area contributed by atoms with Crippen LogP contribution in [0, 0.1) is 5.41 Å². The van der Waals surface area contributed by atoms with Crippen LogP contribution in [0.2, 0.25) is 0 Å². The second-order valence-corrected chi connectivity index (χ2v) is 29.3. The number of rotatable bonds is 2. The maximum Gasteiger partial charge on any atom is 0.252 e. The quantitative estimate of drug-likeness (QED) is 0.160. The van der Waals surface area contributed by atoms with Crippen molar-refractivity contribution < 1.29 is 0 Å². The Morgan fingerprint density at radius 2 is 1.05 bits per heavy atom. The van der Waals surface area contributed by atoms with Crippen molar-refractivity contribution in [1.82, 2.24) is 0 Å². The molecule has 2 aliphatic carbocycles. The van der Waals surface area contributed by atoms with Crippen molar-refractivity contribution in [2.75, 3.05) is 14.7 Å². The highest BCUT2D eigenvalue weighted by molar-refractivity contribution is 7.00. The van der Waals surface area contributed by atoms with Crippen molar-refractivity contribution in [3.63, 3.8) is 0 Å². The lowest BCUT2D eigenvalue weighted by molar-refractivity contribution is 0.0106. The van der Waals surface area contributed by atoms with Crippen LogP contribution < -0.4 is 31.1 Å². The van der Waals surface area contributed by atoms with Crippen molar-refractivity contribution in [2.45, 2.75) is 187 Å². The highest BCUT2D eigenvalue weighted by Gasteiger charge is 2.62. The van der Waals surface area contributed by atoms with Crippen LogP contribution in [-0.4, -0.2) is 12.3 Å². The molecule has 7 aromatic rings. The number of benzene rings is 7. The van der Waals surface area contributed by atoms with E-state index in [0.717, 1.165) is 19.3 Å². The molecular formula is C72H82BN3. The molecule has 1 fully saturated rings. The molecule has 13 rings (SSSR count). The maximum absolute atomic E-state index is 2.87. The van der Waals surface area contributed by atoms with Gasteiger partial charge in [0.2, 0.25) is 0 Å². The highest BCUT2D eigenvalue weighted by Crippen LogP contribution is 2.66. The fraction of sp³-hybridized carbons (Fsp3) is 0.417. The van der Waals surface area contributed by atoms with E-state index in [2.05, 4.69) is 259 Å². The highest BCUT2D eigenvalue weighted by atomic mass is 15.3. The summed E-state index contributed by atoms with van der Waals surface area (Å²) >= 11 is 0. The summed E-state index contributed by atoms with van der Waals surface area (Å²) in [4.78, 5) is 8.32. The van der Waals surface area contributed by atoms with Gasteiger partial charge in [-0.05, 0) is 175 Å². The van der Waals surface area contributed by atoms with Crippen molar-refractivity contribution >= 4 is 68.6 Å². The number of anilines is 8. The lowest BCUT2D eigenvalue weighted by Gasteiger charge is -2.66. The maximum atomic E-state index is 2.87. The molecule has 4 bridgehead atoms. The largest absolute Gasteiger partial charge is 0.335 e. The topological polar surface area (TPSA) is 9.72 Å². The summed E-state index contributed by atoms with van der Waals surface area (Å²) in [7, 11) is 0. The van der Waals surface area contributed by atoms with Crippen LogP contribution in [0.5, 0.6) is 0 Å². The summed E-state index contributed by atoms with van der Waals surface area (Å²) in [5.41, 5.74) is 26.5. The van der Waals surface area contributed by atoms with E-state index in [4.69, 9.17) is 0 Å². The summed E-state index contributed by atoms with van der Waals surface area (Å²) in [5, 5.41) is 0. The molecule has 388 valence electrons. The summed E-state index contributed by atoms with van der Waals surface area (Å²) in [6, 6.07) is 54.6. The molecule has 0 spiro atoms. The van der Waals surface area contributed by atoms with E-state index >= 15 is 0 Å². The third-order valence-electron chi connectivity index (χ3n) is 21.3. The fourth-order valence-corrected chi connectivity index (χ4v) is 15.9. The van der Waals surface area contributed by atoms with Gasteiger partial charge in [0.05, 0.1) is 5.69 Å². The van der Waals surface area contributed by atoms with Gasteiger partial charge in [-0.1, -0.05) is 196 Å². The molecule has 0 amide bonds. The summed E-state index contributed by atoms with van der Waals surface area (Å²) in [6.07, 6.45) is 7.03. The third kappa shape index (κ3) is 6.73. The summed E-state index contributed by atoms with van der Waals surface area (Å²) in [6.45, 7) is 39.2. The molecule has 76 heavy (non-hydrogen) atoms. The first-order chi connectivity index (χ1) is 35.7. The molecule has 0 radical (unpaired) electrons. The monoisotopic (exact) mass is 1000 g/mol. The Morgan fingerprint density at radius 3 is 1.75 bits per heavy atom. The predicted octanol–water partition coefficient (Wildman–Crippen LogP) is 17.8. The third-order valence-corrected chi connectivity index (χ3v) is 21.3. The van der Waals surface area contributed by atoms with Gasteiger partial charge in [0.1, 0.15) is 0 Å². The molecule has 4 heteroatoms. The molecule has 3 unspecified atom stereocenters. The molecule has 4 aliphatic heterocycles. The van der Waals surface area contributed by atoms with E-state index in [0.29, 0.717) is 0 Å². The van der Waals surface area contributed by atoms with Crippen LogP contribution in [0.25, 0.3) is 11.1 Å². The molecule has 3 atom stereocenters. The van der Waals surface area contributed by atoms with Gasteiger partial charge in [0.25, 0.3) is 6.71 Å². The van der Waals surface area contributed by atoms with Gasteiger partial charge in [-0.2, -0.15) is 0 Å². The zero-order chi connectivity index (χ0) is 53.7. The van der Waals surface area contributed by atoms with Crippen LogP contribution in [0.4, 0.5) is 45.5 Å². The predicted molar refractivity (Wildman–Crippen MR) is 327 cm³/mol. The second-order valence-electron chi connectivity index (χ2n) is 29.3. The molecule has 0 saturated heterocycles. The van der Waals surface area contributed by atoms with E-state index in [1.807, 2.05) is 0 Å². The molecular weight excluding hydrogens is 918 g/mol. The van der Waals surface area contributed by atoms with Crippen LogP contribution in [-0.2, 0) is 32.5 Å². The molecule has 0 aromatic heterocycles. The number of hydrogen-bond acceptors (Lipinski definition) is 3. The summed E-state index contributed by atoms with van der Waals surface area (Å²) in [5.74, 6) is 0. The Hall–Kier alpha value is -6.00. The van der Waals surface area contributed by atoms with Gasteiger partial charge in [-0.25, -0.2) is 0 Å². The summed E-state index contributed by atoms with van der Waals surface area (Å²) < 4.78 is 0. The van der Waals surface area contributed by atoms with Crippen molar-refractivity contribution in [3.05, 3.63) is 172 Å². The van der Waals surface area contributed by atoms with Crippen molar-refractivity contribution in [2.24, 2.45) is 5.41 Å². The minimum Gasteiger partial charge on any atom is -0.335 e. The first-order valence-electron chi connectivity index (χ1n) is 29.0. The van der Waals surface area contributed by atoms with E-state index in [-0.39, 0.29) is 50.2 Å². The smallest absolute Gasteiger partial charge is 0.252 e. The van der Waals surface area contributed by atoms with Gasteiger partial charge < -0.3 is 14.7 Å². The Kier molecular flexibility index (Phi) is 10.3. The zero-order valence-electron chi connectivity index (χ0n) is 48.9. The van der Waals surface area contributed by atoms with E-state index in [1.54, 1.807) is 0 Å². The van der Waals surface area contributed by atoms with E-state index in [9.17, 15) is 0 Å². The van der Waals surface area contributed by atoms with Crippen molar-refractivity contribution in [1.29, 1.82) is 0 Å². The Bertz CT molecular complexity index is 3570. The van der Waals surface area contributed by atoms with Gasteiger partial charge in [-0.3, -0.25) is 0 Å². The first-order valence-corrected chi connectivity index (χ1v) is 29.0. The lowest BCUT2D eigenvalue weighted by Crippen LogP contribution is -2.67. The van der Waals surface area contributed by atoms with Gasteiger partial charge in [-0.15, -0.1) is 0 Å². The Balaban J connectivity index is 1.22. The van der Waals surface area contributed by atoms with Crippen LogP contribution >= 0.6 is 0 Å². The average molecular weight is 1000 g/mol. The molecule has 1 saturated carbocycles.